The number of benzene rings is 2. The van der Waals surface area contributed by atoms with E-state index < -0.39 is 6.10 Å². The lowest BCUT2D eigenvalue weighted by atomic mass is 9.87. The van der Waals surface area contributed by atoms with Gasteiger partial charge in [0, 0.05) is 24.1 Å². The molecule has 0 spiro atoms. The van der Waals surface area contributed by atoms with Crippen LogP contribution in [0, 0.1) is 0 Å². The van der Waals surface area contributed by atoms with Crippen LogP contribution in [-0.4, -0.2) is 29.0 Å². The fourth-order valence-corrected chi connectivity index (χ4v) is 2.83. The zero-order valence-corrected chi connectivity index (χ0v) is 15.9. The minimum atomic E-state index is -0.691. The summed E-state index contributed by atoms with van der Waals surface area (Å²) in [5, 5.41) is 11.2. The summed E-state index contributed by atoms with van der Waals surface area (Å²) in [7, 11) is 2.01. The Morgan fingerprint density at radius 2 is 1.54 bits per heavy atom. The van der Waals surface area contributed by atoms with Crippen molar-refractivity contribution in [3.05, 3.63) is 60.3 Å². The summed E-state index contributed by atoms with van der Waals surface area (Å²) in [5.41, 5.74) is 2.52. The third-order valence-electron chi connectivity index (χ3n) is 4.46. The van der Waals surface area contributed by atoms with E-state index >= 15 is 0 Å². The number of aliphatic hydroxyl groups excluding tert-OH is 1. The maximum Gasteiger partial charge on any atom is 0.122 e. The second-order valence-electron chi connectivity index (χ2n) is 7.70. The predicted octanol–water partition coefficient (Wildman–Crippen LogP) is 4.29. The Bertz CT molecular complexity index is 859. The average Bonchev–Trinajstić information content (AvgIpc) is 2.98. The van der Waals surface area contributed by atoms with E-state index in [1.54, 1.807) is 0 Å². The first-order chi connectivity index (χ1) is 12.3. The third-order valence-corrected chi connectivity index (χ3v) is 4.46. The highest BCUT2D eigenvalue weighted by molar-refractivity contribution is 5.81. The molecule has 3 aromatic rings. The van der Waals surface area contributed by atoms with Crippen LogP contribution in [-0.2, 0) is 12.5 Å². The standard InChI is InChI=1S/C22H27NO3/c1-22(2,3)17-5-7-19(8-6-17)25-14-18(24)15-26-20-9-10-21-16(13-20)11-12-23(21)4/h5-13,18,24H,14-15H2,1-4H3. The van der Waals surface area contributed by atoms with Crippen molar-refractivity contribution in [1.29, 1.82) is 0 Å². The molecular formula is C22H27NO3. The van der Waals surface area contributed by atoms with Crippen LogP contribution in [0.2, 0.25) is 0 Å². The number of nitrogens with zero attached hydrogens (tertiary/aromatic N) is 1. The SMILES string of the molecule is Cn1ccc2cc(OCC(O)COc3ccc(C(C)(C)C)cc3)ccc21. The molecule has 1 heterocycles. The van der Waals surface area contributed by atoms with E-state index in [0.717, 1.165) is 22.4 Å². The molecule has 0 saturated carbocycles. The summed E-state index contributed by atoms with van der Waals surface area (Å²) in [6.07, 6.45) is 1.32. The van der Waals surface area contributed by atoms with Crippen molar-refractivity contribution in [1.82, 2.24) is 4.57 Å². The number of hydrogen-bond acceptors (Lipinski definition) is 3. The van der Waals surface area contributed by atoms with Crippen LogP contribution in [0.25, 0.3) is 10.9 Å². The molecule has 0 aliphatic carbocycles. The molecular weight excluding hydrogens is 326 g/mol. The van der Waals surface area contributed by atoms with Gasteiger partial charge >= 0.3 is 0 Å². The van der Waals surface area contributed by atoms with Gasteiger partial charge in [-0.25, -0.2) is 0 Å². The molecule has 1 aromatic heterocycles. The summed E-state index contributed by atoms with van der Waals surface area (Å²) in [6.45, 7) is 6.92. The first-order valence-corrected chi connectivity index (χ1v) is 8.92. The van der Waals surface area contributed by atoms with Gasteiger partial charge in [-0.2, -0.15) is 0 Å². The maximum atomic E-state index is 10.1. The molecule has 0 radical (unpaired) electrons. The highest BCUT2D eigenvalue weighted by Gasteiger charge is 2.13. The molecule has 1 unspecified atom stereocenters. The molecule has 0 fully saturated rings. The maximum absolute atomic E-state index is 10.1. The molecule has 138 valence electrons. The fourth-order valence-electron chi connectivity index (χ4n) is 2.83. The second kappa shape index (κ2) is 7.42. The molecule has 4 nitrogen and oxygen atoms in total. The van der Waals surface area contributed by atoms with Crippen LogP contribution in [0.4, 0.5) is 0 Å². The van der Waals surface area contributed by atoms with Crippen molar-refractivity contribution >= 4 is 10.9 Å². The number of ether oxygens (including phenoxy) is 2. The summed E-state index contributed by atoms with van der Waals surface area (Å²) in [4.78, 5) is 0. The topological polar surface area (TPSA) is 43.6 Å². The van der Waals surface area contributed by atoms with Gasteiger partial charge in [0.25, 0.3) is 0 Å². The average molecular weight is 353 g/mol. The molecule has 0 bridgehead atoms. The van der Waals surface area contributed by atoms with Crippen molar-refractivity contribution < 1.29 is 14.6 Å². The lowest BCUT2D eigenvalue weighted by molar-refractivity contribution is 0.0627. The monoisotopic (exact) mass is 353 g/mol. The first kappa shape index (κ1) is 18.3. The molecule has 1 N–H and O–H groups in total. The third kappa shape index (κ3) is 4.38. The number of aromatic nitrogens is 1. The summed E-state index contributed by atoms with van der Waals surface area (Å²) >= 11 is 0. The van der Waals surface area contributed by atoms with E-state index in [9.17, 15) is 5.11 Å². The number of aliphatic hydroxyl groups is 1. The van der Waals surface area contributed by atoms with Crippen LogP contribution < -0.4 is 9.47 Å². The van der Waals surface area contributed by atoms with Crippen LogP contribution in [0.5, 0.6) is 11.5 Å². The summed E-state index contributed by atoms with van der Waals surface area (Å²) < 4.78 is 13.4. The van der Waals surface area contributed by atoms with Gasteiger partial charge in [-0.1, -0.05) is 32.9 Å². The van der Waals surface area contributed by atoms with Crippen molar-refractivity contribution in [2.45, 2.75) is 32.3 Å². The van der Waals surface area contributed by atoms with E-state index in [2.05, 4.69) is 37.5 Å². The Labute approximate surface area is 155 Å². The van der Waals surface area contributed by atoms with Crippen LogP contribution in [0.3, 0.4) is 0 Å². The molecule has 0 aliphatic heterocycles. The van der Waals surface area contributed by atoms with Gasteiger partial charge in [-0.15, -0.1) is 0 Å². The number of hydrogen-bond donors (Lipinski definition) is 1. The molecule has 1 atom stereocenters. The highest BCUT2D eigenvalue weighted by Crippen LogP contribution is 2.24. The minimum absolute atomic E-state index is 0.117. The molecule has 2 aromatic carbocycles. The van der Waals surface area contributed by atoms with Gasteiger partial charge in [-0.3, -0.25) is 0 Å². The van der Waals surface area contributed by atoms with Gasteiger partial charge in [0.2, 0.25) is 0 Å². The van der Waals surface area contributed by atoms with Crippen molar-refractivity contribution in [3.63, 3.8) is 0 Å². The van der Waals surface area contributed by atoms with Gasteiger partial charge in [0.1, 0.15) is 30.8 Å². The molecule has 26 heavy (non-hydrogen) atoms. The van der Waals surface area contributed by atoms with E-state index in [-0.39, 0.29) is 18.6 Å². The fraction of sp³-hybridized carbons (Fsp3) is 0.364. The summed E-state index contributed by atoms with van der Waals surface area (Å²) in [5.74, 6) is 1.50. The molecule has 3 rings (SSSR count). The molecule has 0 amide bonds. The lowest BCUT2D eigenvalue weighted by Crippen LogP contribution is -2.25. The zero-order valence-electron chi connectivity index (χ0n) is 15.9. The second-order valence-corrected chi connectivity index (χ2v) is 7.70. The quantitative estimate of drug-likeness (QED) is 0.719. The normalized spacial score (nSPS) is 13.0. The number of fused-ring (bicyclic) bond motifs is 1. The van der Waals surface area contributed by atoms with Crippen molar-refractivity contribution in [2.24, 2.45) is 7.05 Å². The van der Waals surface area contributed by atoms with E-state index in [0.29, 0.717) is 0 Å². The number of rotatable bonds is 6. The highest BCUT2D eigenvalue weighted by atomic mass is 16.5. The summed E-state index contributed by atoms with van der Waals surface area (Å²) in [6, 6.07) is 16.0. The minimum Gasteiger partial charge on any atom is -0.491 e. The van der Waals surface area contributed by atoms with Crippen molar-refractivity contribution in [3.8, 4) is 11.5 Å². The Balaban J connectivity index is 1.49. The Morgan fingerprint density at radius 1 is 0.923 bits per heavy atom. The van der Waals surface area contributed by atoms with Gasteiger partial charge in [0.05, 0.1) is 0 Å². The van der Waals surface area contributed by atoms with Gasteiger partial charge < -0.3 is 19.1 Å². The van der Waals surface area contributed by atoms with Crippen LogP contribution >= 0.6 is 0 Å². The van der Waals surface area contributed by atoms with Crippen LogP contribution in [0.1, 0.15) is 26.3 Å². The van der Waals surface area contributed by atoms with Gasteiger partial charge in [-0.05, 0) is 47.4 Å². The van der Waals surface area contributed by atoms with Crippen LogP contribution in [0.15, 0.2) is 54.7 Å². The Kier molecular flexibility index (Phi) is 5.23. The molecule has 4 heteroatoms. The molecule has 0 saturated heterocycles. The lowest BCUT2D eigenvalue weighted by Gasteiger charge is -2.19. The predicted molar refractivity (Wildman–Crippen MR) is 105 cm³/mol. The van der Waals surface area contributed by atoms with E-state index in [1.165, 1.54) is 5.56 Å². The van der Waals surface area contributed by atoms with Gasteiger partial charge in [0.15, 0.2) is 0 Å². The smallest absolute Gasteiger partial charge is 0.122 e. The zero-order chi connectivity index (χ0) is 18.7. The largest absolute Gasteiger partial charge is 0.491 e. The Morgan fingerprint density at radius 3 is 2.19 bits per heavy atom. The van der Waals surface area contributed by atoms with E-state index in [4.69, 9.17) is 9.47 Å². The Hall–Kier alpha value is -2.46. The number of aryl methyl sites for hydroxylation is 1. The first-order valence-electron chi connectivity index (χ1n) is 8.92. The van der Waals surface area contributed by atoms with E-state index in [1.807, 2.05) is 49.6 Å². The van der Waals surface area contributed by atoms with Crippen molar-refractivity contribution in [2.75, 3.05) is 13.2 Å². The molecule has 0 aliphatic rings.